The molecule has 2 fully saturated rings. The molecule has 25 heavy (non-hydrogen) atoms. The minimum absolute atomic E-state index is 0.0241. The van der Waals surface area contributed by atoms with Crippen LogP contribution in [-0.4, -0.2) is 41.1 Å². The van der Waals surface area contributed by atoms with Crippen molar-refractivity contribution in [2.24, 2.45) is 0 Å². The van der Waals surface area contributed by atoms with Crippen LogP contribution in [0, 0.1) is 13.8 Å². The first-order valence-electron chi connectivity index (χ1n) is 8.50. The van der Waals surface area contributed by atoms with E-state index in [9.17, 15) is 8.42 Å². The van der Waals surface area contributed by atoms with Crippen LogP contribution in [-0.2, 0) is 10.0 Å². The smallest absolute Gasteiger partial charge is 0.248 e. The van der Waals surface area contributed by atoms with Crippen molar-refractivity contribution in [1.29, 1.82) is 0 Å². The van der Waals surface area contributed by atoms with E-state index in [1.165, 1.54) is 0 Å². The van der Waals surface area contributed by atoms with Gasteiger partial charge in [0.1, 0.15) is 22.4 Å². The van der Waals surface area contributed by atoms with Gasteiger partial charge in [-0.2, -0.15) is 4.31 Å². The van der Waals surface area contributed by atoms with E-state index in [2.05, 4.69) is 10.1 Å². The lowest BCUT2D eigenvalue weighted by Crippen LogP contribution is -2.49. The van der Waals surface area contributed by atoms with Crippen molar-refractivity contribution in [2.45, 2.75) is 62.6 Å². The van der Waals surface area contributed by atoms with E-state index in [0.717, 1.165) is 18.6 Å². The highest BCUT2D eigenvalue weighted by atomic mass is 32.2. The summed E-state index contributed by atoms with van der Waals surface area (Å²) in [7, 11) is -3.60. The minimum Gasteiger partial charge on any atom is -0.490 e. The third-order valence-corrected chi connectivity index (χ3v) is 7.33. The lowest BCUT2D eigenvalue weighted by Gasteiger charge is -2.37. The van der Waals surface area contributed by atoms with Crippen molar-refractivity contribution in [3.8, 4) is 5.75 Å². The number of aromatic nitrogens is 2. The zero-order valence-electron chi connectivity index (χ0n) is 14.3. The fraction of sp³-hybridized carbons (Fsp3) is 0.529. The molecule has 4 heterocycles. The van der Waals surface area contributed by atoms with Crippen LogP contribution >= 0.6 is 0 Å². The van der Waals surface area contributed by atoms with Gasteiger partial charge in [0.25, 0.3) is 0 Å². The van der Waals surface area contributed by atoms with Gasteiger partial charge in [-0.25, -0.2) is 8.42 Å². The Kier molecular flexibility index (Phi) is 4.04. The van der Waals surface area contributed by atoms with Crippen molar-refractivity contribution >= 4 is 10.0 Å². The van der Waals surface area contributed by atoms with Gasteiger partial charge in [0.15, 0.2) is 5.76 Å². The second kappa shape index (κ2) is 6.10. The molecule has 0 N–H and O–H groups in total. The lowest BCUT2D eigenvalue weighted by atomic mass is 10.0. The third kappa shape index (κ3) is 2.83. The number of ether oxygens (including phenoxy) is 1. The third-order valence-electron chi connectivity index (χ3n) is 5.08. The highest BCUT2D eigenvalue weighted by Crippen LogP contribution is 2.41. The van der Waals surface area contributed by atoms with E-state index >= 15 is 0 Å². The monoisotopic (exact) mass is 363 g/mol. The molecular formula is C17H21N3O4S. The maximum absolute atomic E-state index is 13.2. The van der Waals surface area contributed by atoms with Crippen molar-refractivity contribution in [3.05, 3.63) is 36.0 Å². The Morgan fingerprint density at radius 2 is 1.80 bits per heavy atom. The maximum atomic E-state index is 13.2. The first kappa shape index (κ1) is 16.5. The Hall–Kier alpha value is -1.93. The van der Waals surface area contributed by atoms with Crippen LogP contribution in [0.25, 0.3) is 0 Å². The number of aryl methyl sites for hydroxylation is 2. The molecule has 0 radical (unpaired) electrons. The summed E-state index contributed by atoms with van der Waals surface area (Å²) in [6, 6.07) is 3.58. The van der Waals surface area contributed by atoms with Crippen LogP contribution in [0.5, 0.6) is 5.75 Å². The minimum atomic E-state index is -3.60. The number of hydrogen-bond donors (Lipinski definition) is 0. The molecule has 2 aliphatic heterocycles. The zero-order chi connectivity index (χ0) is 17.6. The Morgan fingerprint density at radius 3 is 2.36 bits per heavy atom. The molecule has 2 unspecified atom stereocenters. The van der Waals surface area contributed by atoms with Crippen LogP contribution < -0.4 is 4.74 Å². The number of sulfonamides is 1. The average molecular weight is 363 g/mol. The molecule has 0 spiro atoms. The van der Waals surface area contributed by atoms with Gasteiger partial charge >= 0.3 is 0 Å². The quantitative estimate of drug-likeness (QED) is 0.829. The van der Waals surface area contributed by atoms with E-state index < -0.39 is 10.0 Å². The summed E-state index contributed by atoms with van der Waals surface area (Å²) in [5, 5.41) is 3.81. The molecule has 2 aromatic heterocycles. The first-order chi connectivity index (χ1) is 12.0. The number of nitrogens with zero attached hydrogens (tertiary/aromatic N) is 3. The summed E-state index contributed by atoms with van der Waals surface area (Å²) in [4.78, 5) is 4.21. The molecule has 0 aromatic carbocycles. The number of pyridine rings is 1. The van der Waals surface area contributed by atoms with E-state index in [4.69, 9.17) is 9.26 Å². The highest BCUT2D eigenvalue weighted by Gasteiger charge is 2.49. The van der Waals surface area contributed by atoms with Gasteiger partial charge in [0.2, 0.25) is 10.0 Å². The number of rotatable bonds is 4. The van der Waals surface area contributed by atoms with E-state index in [0.29, 0.717) is 24.3 Å². The van der Waals surface area contributed by atoms with Crippen molar-refractivity contribution in [1.82, 2.24) is 14.4 Å². The molecule has 2 saturated heterocycles. The van der Waals surface area contributed by atoms with E-state index in [1.54, 1.807) is 30.5 Å². The molecule has 8 heteroatoms. The SMILES string of the molecule is Cc1noc(C)c1S(=O)(=O)N1C2CCC1CC(Oc1ccncc1)C2. The van der Waals surface area contributed by atoms with Gasteiger partial charge in [-0.05, 0) is 38.8 Å². The molecular weight excluding hydrogens is 342 g/mol. The fourth-order valence-corrected chi connectivity index (χ4v) is 6.32. The van der Waals surface area contributed by atoms with Gasteiger partial charge in [0, 0.05) is 37.3 Å². The number of fused-ring (bicyclic) bond motifs is 2. The summed E-state index contributed by atoms with van der Waals surface area (Å²) >= 11 is 0. The summed E-state index contributed by atoms with van der Waals surface area (Å²) in [6.07, 6.45) is 6.54. The topological polar surface area (TPSA) is 85.5 Å². The van der Waals surface area contributed by atoms with Crippen LogP contribution in [0.4, 0.5) is 0 Å². The second-order valence-electron chi connectivity index (χ2n) is 6.77. The van der Waals surface area contributed by atoms with Crippen LogP contribution in [0.15, 0.2) is 33.9 Å². The molecule has 0 saturated carbocycles. The number of piperidine rings is 1. The first-order valence-corrected chi connectivity index (χ1v) is 9.94. The molecule has 2 aromatic rings. The Bertz CT molecular complexity index is 832. The maximum Gasteiger partial charge on any atom is 0.248 e. The van der Waals surface area contributed by atoms with Gasteiger partial charge in [-0.3, -0.25) is 4.98 Å². The van der Waals surface area contributed by atoms with Gasteiger partial charge in [-0.15, -0.1) is 0 Å². The van der Waals surface area contributed by atoms with Crippen LogP contribution in [0.1, 0.15) is 37.1 Å². The Morgan fingerprint density at radius 1 is 1.16 bits per heavy atom. The molecule has 4 rings (SSSR count). The van der Waals surface area contributed by atoms with E-state index in [-0.39, 0.29) is 23.1 Å². The normalized spacial score (nSPS) is 26.7. The van der Waals surface area contributed by atoms with Gasteiger partial charge < -0.3 is 9.26 Å². The van der Waals surface area contributed by atoms with Crippen molar-refractivity contribution < 1.29 is 17.7 Å². The molecule has 2 bridgehead atoms. The summed E-state index contributed by atoms with van der Waals surface area (Å²) < 4.78 is 39.2. The average Bonchev–Trinajstić information content (AvgIpc) is 3.06. The molecule has 2 atom stereocenters. The van der Waals surface area contributed by atoms with E-state index in [1.807, 2.05) is 12.1 Å². The summed E-state index contributed by atoms with van der Waals surface area (Å²) in [5.41, 5.74) is 0.423. The number of hydrogen-bond acceptors (Lipinski definition) is 6. The molecule has 0 aliphatic carbocycles. The molecule has 0 amide bonds. The lowest BCUT2D eigenvalue weighted by molar-refractivity contribution is 0.0955. The standard InChI is InChI=1S/C17H21N3O4S/c1-11-17(12(2)24-19-11)25(21,22)20-13-3-4-14(20)10-16(9-13)23-15-5-7-18-8-6-15/h5-8,13-14,16H,3-4,9-10H2,1-2H3. The Labute approximate surface area is 147 Å². The highest BCUT2D eigenvalue weighted by molar-refractivity contribution is 7.89. The van der Waals surface area contributed by atoms with Crippen molar-refractivity contribution in [3.63, 3.8) is 0 Å². The summed E-state index contributed by atoms with van der Waals surface area (Å²) in [6.45, 7) is 3.32. The molecule has 7 nitrogen and oxygen atoms in total. The van der Waals surface area contributed by atoms with Crippen LogP contribution in [0.3, 0.4) is 0 Å². The summed E-state index contributed by atoms with van der Waals surface area (Å²) in [5.74, 6) is 1.13. The predicted molar refractivity (Wildman–Crippen MR) is 89.7 cm³/mol. The molecule has 2 aliphatic rings. The fourth-order valence-electron chi connectivity index (χ4n) is 4.13. The zero-order valence-corrected chi connectivity index (χ0v) is 15.1. The second-order valence-corrected chi connectivity index (χ2v) is 8.55. The molecule has 134 valence electrons. The van der Waals surface area contributed by atoms with Crippen molar-refractivity contribution in [2.75, 3.05) is 0 Å². The predicted octanol–water partition coefficient (Wildman–Crippen LogP) is 2.45. The van der Waals surface area contributed by atoms with Gasteiger partial charge in [-0.1, -0.05) is 5.16 Å². The Balaban J connectivity index is 1.57. The largest absolute Gasteiger partial charge is 0.490 e. The van der Waals surface area contributed by atoms with Crippen LogP contribution in [0.2, 0.25) is 0 Å². The van der Waals surface area contributed by atoms with Gasteiger partial charge in [0.05, 0.1) is 0 Å².